The van der Waals surface area contributed by atoms with Crippen LogP contribution in [0.15, 0.2) is 41.7 Å². The molecule has 0 bridgehead atoms. The second-order valence-electron chi connectivity index (χ2n) is 4.19. The number of rotatable bonds is 6. The van der Waals surface area contributed by atoms with E-state index < -0.39 is 11.5 Å². The lowest BCUT2D eigenvalue weighted by Gasteiger charge is -2.22. The molecule has 2 unspecified atom stereocenters. The van der Waals surface area contributed by atoms with Crippen LogP contribution >= 0.6 is 11.6 Å². The van der Waals surface area contributed by atoms with E-state index in [1.165, 1.54) is 0 Å². The molecular formula is C15H25ClN4O. The van der Waals surface area contributed by atoms with Crippen LogP contribution in [0.1, 0.15) is 39.3 Å². The summed E-state index contributed by atoms with van der Waals surface area (Å²) in [6.45, 7) is 7.57. The summed E-state index contributed by atoms with van der Waals surface area (Å²) in [4.78, 5) is 11.2. The van der Waals surface area contributed by atoms with Crippen LogP contribution in [0.4, 0.5) is 0 Å². The van der Waals surface area contributed by atoms with Crippen molar-refractivity contribution >= 4 is 17.5 Å². The second-order valence-corrected chi connectivity index (χ2v) is 4.66. The Kier molecular flexibility index (Phi) is 9.25. The van der Waals surface area contributed by atoms with Crippen molar-refractivity contribution in [2.45, 2.75) is 39.4 Å². The summed E-state index contributed by atoms with van der Waals surface area (Å²) in [5.74, 6) is -0.0982. The molecule has 2 atom stereocenters. The highest BCUT2D eigenvalue weighted by molar-refractivity contribution is 6.20. The molecule has 1 amide bonds. The highest BCUT2D eigenvalue weighted by atomic mass is 35.5. The van der Waals surface area contributed by atoms with Gasteiger partial charge in [0.15, 0.2) is 5.62 Å². The van der Waals surface area contributed by atoms with E-state index in [4.69, 9.17) is 23.1 Å². The fourth-order valence-corrected chi connectivity index (χ4v) is 1.67. The van der Waals surface area contributed by atoms with Crippen LogP contribution in [-0.4, -0.2) is 11.5 Å². The van der Waals surface area contributed by atoms with Gasteiger partial charge >= 0.3 is 0 Å². The third kappa shape index (κ3) is 7.02. The zero-order valence-corrected chi connectivity index (χ0v) is 13.7. The number of nitrogens with one attached hydrogen (secondary N) is 2. The molecule has 1 aromatic carbocycles. The SMILES string of the molecule is C/C(C(N)=O)=C(\NC(N)Cl)NC(C)c1ccccc1.CC. The lowest BCUT2D eigenvalue weighted by atomic mass is 10.1. The molecule has 0 saturated heterocycles. The maximum Gasteiger partial charge on any atom is 0.247 e. The average molecular weight is 313 g/mol. The van der Waals surface area contributed by atoms with Crippen LogP contribution in [0.3, 0.4) is 0 Å². The van der Waals surface area contributed by atoms with Crippen molar-refractivity contribution in [1.29, 1.82) is 0 Å². The molecule has 21 heavy (non-hydrogen) atoms. The Morgan fingerprint density at radius 2 is 1.71 bits per heavy atom. The summed E-state index contributed by atoms with van der Waals surface area (Å²) in [5, 5.41) is 5.92. The number of hydrogen-bond donors (Lipinski definition) is 4. The molecular weight excluding hydrogens is 288 g/mol. The van der Waals surface area contributed by atoms with E-state index in [0.29, 0.717) is 11.4 Å². The number of hydrogen-bond acceptors (Lipinski definition) is 4. The first-order chi connectivity index (χ1) is 9.91. The van der Waals surface area contributed by atoms with Crippen molar-refractivity contribution in [2.24, 2.45) is 11.5 Å². The molecule has 0 heterocycles. The molecule has 0 aromatic heterocycles. The van der Waals surface area contributed by atoms with Crippen LogP contribution in [0.5, 0.6) is 0 Å². The summed E-state index contributed by atoms with van der Waals surface area (Å²) in [6.07, 6.45) is 0. The van der Waals surface area contributed by atoms with E-state index in [0.717, 1.165) is 5.56 Å². The van der Waals surface area contributed by atoms with E-state index in [-0.39, 0.29) is 6.04 Å². The molecule has 1 rings (SSSR count). The number of benzene rings is 1. The standard InChI is InChI=1S/C13H19ClN4O.C2H6/c1-8(11(15)19)12(18-13(14)16)17-9(2)10-6-4-3-5-7-10;1-2/h3-7,9,13,17-18H,16H2,1-2H3,(H2,15,19);1-2H3/b12-8+;. The van der Waals surface area contributed by atoms with Gasteiger partial charge in [-0.15, -0.1) is 0 Å². The Morgan fingerprint density at radius 1 is 1.19 bits per heavy atom. The highest BCUT2D eigenvalue weighted by Gasteiger charge is 2.13. The molecule has 118 valence electrons. The summed E-state index contributed by atoms with van der Waals surface area (Å²) >= 11 is 5.69. The Hall–Kier alpha value is -1.72. The number of halogens is 1. The third-order valence-electron chi connectivity index (χ3n) is 2.69. The summed E-state index contributed by atoms with van der Waals surface area (Å²) in [6, 6.07) is 9.77. The first kappa shape index (κ1) is 19.3. The zero-order valence-electron chi connectivity index (χ0n) is 13.0. The van der Waals surface area contributed by atoms with Crippen LogP contribution in [-0.2, 0) is 4.79 Å². The molecule has 5 nitrogen and oxygen atoms in total. The van der Waals surface area contributed by atoms with Gasteiger partial charge in [0.1, 0.15) is 5.82 Å². The van der Waals surface area contributed by atoms with Crippen LogP contribution < -0.4 is 22.1 Å². The minimum absolute atomic E-state index is 0.0200. The molecule has 0 aliphatic rings. The Bertz CT molecular complexity index is 460. The number of primary amides is 1. The van der Waals surface area contributed by atoms with Gasteiger partial charge < -0.3 is 16.4 Å². The van der Waals surface area contributed by atoms with Crippen molar-refractivity contribution in [1.82, 2.24) is 10.6 Å². The van der Waals surface area contributed by atoms with Gasteiger partial charge in [0.05, 0.1) is 5.57 Å². The first-order valence-corrected chi connectivity index (χ1v) is 7.33. The number of alkyl halides is 1. The van der Waals surface area contributed by atoms with Gasteiger partial charge in [0, 0.05) is 6.04 Å². The zero-order chi connectivity index (χ0) is 16.4. The lowest BCUT2D eigenvalue weighted by Crippen LogP contribution is -2.40. The Labute approximate surface area is 131 Å². The van der Waals surface area contributed by atoms with Gasteiger partial charge in [-0.25, -0.2) is 0 Å². The number of nitrogens with two attached hydrogens (primary N) is 2. The quantitative estimate of drug-likeness (QED) is 0.280. The van der Waals surface area contributed by atoms with Crippen LogP contribution in [0.2, 0.25) is 0 Å². The average Bonchev–Trinajstić information content (AvgIpc) is 2.48. The molecule has 0 saturated carbocycles. The minimum atomic E-state index is -0.806. The number of amides is 1. The van der Waals surface area contributed by atoms with Crippen LogP contribution in [0, 0.1) is 0 Å². The predicted octanol–water partition coefficient (Wildman–Crippen LogP) is 2.15. The smallest absolute Gasteiger partial charge is 0.247 e. The molecule has 6 heteroatoms. The maximum atomic E-state index is 11.2. The van der Waals surface area contributed by atoms with Crippen molar-refractivity contribution < 1.29 is 4.79 Å². The van der Waals surface area contributed by atoms with Gasteiger partial charge in [0.25, 0.3) is 0 Å². The van der Waals surface area contributed by atoms with E-state index in [9.17, 15) is 4.79 Å². The Morgan fingerprint density at radius 3 is 2.14 bits per heavy atom. The Balaban J connectivity index is 0.00000191. The summed E-state index contributed by atoms with van der Waals surface area (Å²) in [5.41, 5.74) is 11.4. The van der Waals surface area contributed by atoms with E-state index in [2.05, 4.69) is 10.6 Å². The molecule has 1 aromatic rings. The van der Waals surface area contributed by atoms with Crippen molar-refractivity contribution in [3.8, 4) is 0 Å². The van der Waals surface area contributed by atoms with E-state index >= 15 is 0 Å². The van der Waals surface area contributed by atoms with Gasteiger partial charge in [-0.2, -0.15) is 0 Å². The second kappa shape index (κ2) is 10.1. The fourth-order valence-electron chi connectivity index (χ4n) is 1.56. The summed E-state index contributed by atoms with van der Waals surface area (Å²) < 4.78 is 0. The highest BCUT2D eigenvalue weighted by Crippen LogP contribution is 2.13. The van der Waals surface area contributed by atoms with Gasteiger partial charge in [-0.05, 0) is 19.4 Å². The molecule has 0 spiro atoms. The maximum absolute atomic E-state index is 11.2. The molecule has 0 fully saturated rings. The van der Waals surface area contributed by atoms with Gasteiger partial charge in [-0.3, -0.25) is 10.5 Å². The normalized spacial score (nSPS) is 14.0. The molecule has 6 N–H and O–H groups in total. The molecule has 0 radical (unpaired) electrons. The van der Waals surface area contributed by atoms with Crippen molar-refractivity contribution in [3.05, 3.63) is 47.3 Å². The number of carbonyl (C=O) groups is 1. The van der Waals surface area contributed by atoms with Gasteiger partial charge in [-0.1, -0.05) is 55.8 Å². The number of carbonyl (C=O) groups excluding carboxylic acids is 1. The van der Waals surface area contributed by atoms with E-state index in [1.807, 2.05) is 51.1 Å². The lowest BCUT2D eigenvalue weighted by molar-refractivity contribution is -0.114. The van der Waals surface area contributed by atoms with Crippen molar-refractivity contribution in [3.63, 3.8) is 0 Å². The molecule has 0 aliphatic heterocycles. The van der Waals surface area contributed by atoms with Crippen LogP contribution in [0.25, 0.3) is 0 Å². The fraction of sp³-hybridized carbons (Fsp3) is 0.400. The molecule has 0 aliphatic carbocycles. The minimum Gasteiger partial charge on any atom is -0.366 e. The monoisotopic (exact) mass is 312 g/mol. The topological polar surface area (TPSA) is 93.2 Å². The predicted molar refractivity (Wildman–Crippen MR) is 88.2 cm³/mol. The summed E-state index contributed by atoms with van der Waals surface area (Å²) in [7, 11) is 0. The third-order valence-corrected chi connectivity index (χ3v) is 2.80. The van der Waals surface area contributed by atoms with E-state index in [1.54, 1.807) is 6.92 Å². The first-order valence-electron chi connectivity index (χ1n) is 6.90. The largest absolute Gasteiger partial charge is 0.366 e. The van der Waals surface area contributed by atoms with Gasteiger partial charge in [0.2, 0.25) is 5.91 Å². The van der Waals surface area contributed by atoms with Crippen molar-refractivity contribution in [2.75, 3.05) is 0 Å².